The van der Waals surface area contributed by atoms with Crippen LogP contribution in [0, 0.1) is 0 Å². The van der Waals surface area contributed by atoms with Gasteiger partial charge >= 0.3 is 0 Å². The standard InChI is InChI=1S/C11H22N2O/c1-9(14)8-12-10-4-6-13-5-2-3-11(13)7-10/h9-12,14H,2-8H2,1H3/t9-,10?,11?/m1/s1. The van der Waals surface area contributed by atoms with E-state index in [2.05, 4.69) is 10.2 Å². The van der Waals surface area contributed by atoms with Crippen molar-refractivity contribution in [2.24, 2.45) is 0 Å². The van der Waals surface area contributed by atoms with Gasteiger partial charge in [0.2, 0.25) is 0 Å². The van der Waals surface area contributed by atoms with Crippen LogP contribution in [0.3, 0.4) is 0 Å². The van der Waals surface area contributed by atoms with Crippen LogP contribution in [0.5, 0.6) is 0 Å². The lowest BCUT2D eigenvalue weighted by Gasteiger charge is -2.35. The van der Waals surface area contributed by atoms with Crippen LogP contribution in [-0.2, 0) is 0 Å². The van der Waals surface area contributed by atoms with Crippen LogP contribution >= 0.6 is 0 Å². The Labute approximate surface area is 86.5 Å². The number of aliphatic hydroxyl groups is 1. The summed E-state index contributed by atoms with van der Waals surface area (Å²) in [6.07, 6.45) is 5.09. The van der Waals surface area contributed by atoms with Crippen molar-refractivity contribution in [3.8, 4) is 0 Å². The first-order valence-electron chi connectivity index (χ1n) is 5.91. The van der Waals surface area contributed by atoms with Gasteiger partial charge in [0.15, 0.2) is 0 Å². The van der Waals surface area contributed by atoms with Gasteiger partial charge in [-0.3, -0.25) is 0 Å². The maximum Gasteiger partial charge on any atom is 0.0636 e. The van der Waals surface area contributed by atoms with Gasteiger partial charge in [-0.25, -0.2) is 0 Å². The number of hydrogen-bond acceptors (Lipinski definition) is 3. The molecule has 0 saturated carbocycles. The summed E-state index contributed by atoms with van der Waals surface area (Å²) in [6, 6.07) is 1.47. The highest BCUT2D eigenvalue weighted by Crippen LogP contribution is 2.26. The molecule has 3 atom stereocenters. The van der Waals surface area contributed by atoms with Crippen molar-refractivity contribution in [3.05, 3.63) is 0 Å². The molecule has 2 heterocycles. The van der Waals surface area contributed by atoms with Gasteiger partial charge in [-0.2, -0.15) is 0 Å². The molecule has 0 amide bonds. The Kier molecular flexibility index (Phi) is 3.42. The molecule has 0 aromatic heterocycles. The van der Waals surface area contributed by atoms with Gasteiger partial charge in [0.05, 0.1) is 6.10 Å². The largest absolute Gasteiger partial charge is 0.392 e. The first kappa shape index (κ1) is 10.4. The zero-order chi connectivity index (χ0) is 9.97. The highest BCUT2D eigenvalue weighted by atomic mass is 16.3. The number of nitrogens with zero attached hydrogens (tertiary/aromatic N) is 1. The summed E-state index contributed by atoms with van der Waals surface area (Å²) in [6.45, 7) is 5.16. The van der Waals surface area contributed by atoms with E-state index in [0.717, 1.165) is 12.6 Å². The van der Waals surface area contributed by atoms with Crippen LogP contribution in [0.4, 0.5) is 0 Å². The lowest BCUT2D eigenvalue weighted by Crippen LogP contribution is -2.47. The zero-order valence-corrected chi connectivity index (χ0v) is 9.08. The van der Waals surface area contributed by atoms with Crippen molar-refractivity contribution in [2.75, 3.05) is 19.6 Å². The average Bonchev–Trinajstić information content (AvgIpc) is 2.61. The van der Waals surface area contributed by atoms with Crippen molar-refractivity contribution in [1.82, 2.24) is 10.2 Å². The summed E-state index contributed by atoms with van der Waals surface area (Å²) in [7, 11) is 0. The van der Waals surface area contributed by atoms with E-state index >= 15 is 0 Å². The molecule has 14 heavy (non-hydrogen) atoms. The molecule has 2 rings (SSSR count). The number of piperidine rings is 1. The fraction of sp³-hybridized carbons (Fsp3) is 1.00. The van der Waals surface area contributed by atoms with Gasteiger partial charge in [0.25, 0.3) is 0 Å². The van der Waals surface area contributed by atoms with E-state index in [1.54, 1.807) is 0 Å². The van der Waals surface area contributed by atoms with Crippen molar-refractivity contribution in [1.29, 1.82) is 0 Å². The number of rotatable bonds is 3. The van der Waals surface area contributed by atoms with E-state index < -0.39 is 0 Å². The highest BCUT2D eigenvalue weighted by molar-refractivity contribution is 4.89. The first-order valence-corrected chi connectivity index (χ1v) is 5.91. The summed E-state index contributed by atoms with van der Waals surface area (Å²) in [5.74, 6) is 0. The van der Waals surface area contributed by atoms with Crippen molar-refractivity contribution in [2.45, 2.75) is 50.8 Å². The van der Waals surface area contributed by atoms with Crippen molar-refractivity contribution < 1.29 is 5.11 Å². The maximum atomic E-state index is 9.20. The summed E-state index contributed by atoms with van der Waals surface area (Å²) >= 11 is 0. The zero-order valence-electron chi connectivity index (χ0n) is 9.08. The molecule has 2 unspecified atom stereocenters. The molecule has 2 fully saturated rings. The molecule has 3 heteroatoms. The monoisotopic (exact) mass is 198 g/mol. The lowest BCUT2D eigenvalue weighted by atomic mass is 9.97. The summed E-state index contributed by atoms with van der Waals surface area (Å²) in [5.41, 5.74) is 0. The quantitative estimate of drug-likeness (QED) is 0.696. The number of aliphatic hydroxyl groups excluding tert-OH is 1. The average molecular weight is 198 g/mol. The van der Waals surface area contributed by atoms with E-state index in [1.807, 2.05) is 6.92 Å². The minimum absolute atomic E-state index is 0.211. The van der Waals surface area contributed by atoms with Crippen LogP contribution in [0.2, 0.25) is 0 Å². The molecular weight excluding hydrogens is 176 g/mol. The summed E-state index contributed by atoms with van der Waals surface area (Å²) < 4.78 is 0. The van der Waals surface area contributed by atoms with E-state index in [-0.39, 0.29) is 6.10 Å². The third-order valence-electron chi connectivity index (χ3n) is 3.52. The van der Waals surface area contributed by atoms with Crippen LogP contribution < -0.4 is 5.32 Å². The highest BCUT2D eigenvalue weighted by Gasteiger charge is 2.31. The molecule has 0 aromatic carbocycles. The molecule has 2 aliphatic rings. The molecule has 3 nitrogen and oxygen atoms in total. The second-order valence-corrected chi connectivity index (χ2v) is 4.81. The van der Waals surface area contributed by atoms with E-state index in [4.69, 9.17) is 0 Å². The van der Waals surface area contributed by atoms with Gasteiger partial charge in [0.1, 0.15) is 0 Å². The fourth-order valence-corrected chi connectivity index (χ4v) is 2.75. The second kappa shape index (κ2) is 4.60. The third-order valence-corrected chi connectivity index (χ3v) is 3.52. The van der Waals surface area contributed by atoms with Gasteiger partial charge in [0, 0.05) is 18.6 Å². The SMILES string of the molecule is C[C@@H](O)CNC1CCN2CCCC2C1. The Morgan fingerprint density at radius 1 is 1.43 bits per heavy atom. The van der Waals surface area contributed by atoms with Crippen LogP contribution in [0.15, 0.2) is 0 Å². The summed E-state index contributed by atoms with van der Waals surface area (Å²) in [5, 5.41) is 12.7. The van der Waals surface area contributed by atoms with Crippen LogP contribution in [0.25, 0.3) is 0 Å². The van der Waals surface area contributed by atoms with Crippen molar-refractivity contribution >= 4 is 0 Å². The van der Waals surface area contributed by atoms with Gasteiger partial charge < -0.3 is 15.3 Å². The van der Waals surface area contributed by atoms with Crippen LogP contribution in [0.1, 0.15) is 32.6 Å². The Balaban J connectivity index is 1.74. The summed E-state index contributed by atoms with van der Waals surface area (Å²) in [4.78, 5) is 2.63. The Hall–Kier alpha value is -0.120. The molecule has 2 aliphatic heterocycles. The minimum Gasteiger partial charge on any atom is -0.392 e. The maximum absolute atomic E-state index is 9.20. The van der Waals surface area contributed by atoms with Gasteiger partial charge in [-0.1, -0.05) is 0 Å². The molecule has 0 bridgehead atoms. The first-order chi connectivity index (χ1) is 6.75. The molecule has 0 aromatic rings. The lowest BCUT2D eigenvalue weighted by molar-refractivity contribution is 0.145. The number of nitrogens with one attached hydrogen (secondary N) is 1. The Bertz CT molecular complexity index is 184. The Morgan fingerprint density at radius 3 is 3.07 bits per heavy atom. The topological polar surface area (TPSA) is 35.5 Å². The predicted molar refractivity (Wildman–Crippen MR) is 57.3 cm³/mol. The van der Waals surface area contributed by atoms with E-state index in [0.29, 0.717) is 6.04 Å². The number of hydrogen-bond donors (Lipinski definition) is 2. The van der Waals surface area contributed by atoms with Crippen molar-refractivity contribution in [3.63, 3.8) is 0 Å². The fourth-order valence-electron chi connectivity index (χ4n) is 2.75. The minimum atomic E-state index is -0.211. The molecule has 0 aliphatic carbocycles. The van der Waals surface area contributed by atoms with E-state index in [9.17, 15) is 5.11 Å². The smallest absolute Gasteiger partial charge is 0.0636 e. The second-order valence-electron chi connectivity index (χ2n) is 4.81. The number of fused-ring (bicyclic) bond motifs is 1. The predicted octanol–water partition coefficient (Wildman–Crippen LogP) is 0.584. The normalized spacial score (nSPS) is 35.6. The molecule has 0 radical (unpaired) electrons. The van der Waals surface area contributed by atoms with Gasteiger partial charge in [-0.15, -0.1) is 0 Å². The molecule has 2 saturated heterocycles. The van der Waals surface area contributed by atoms with Crippen LogP contribution in [-0.4, -0.2) is 47.8 Å². The van der Waals surface area contributed by atoms with Gasteiger partial charge in [-0.05, 0) is 45.7 Å². The molecule has 2 N–H and O–H groups in total. The van der Waals surface area contributed by atoms with E-state index in [1.165, 1.54) is 38.8 Å². The molecule has 0 spiro atoms. The molecule has 82 valence electrons. The molecular formula is C11H22N2O. The third kappa shape index (κ3) is 2.47. The Morgan fingerprint density at radius 2 is 2.29 bits per heavy atom.